The van der Waals surface area contributed by atoms with Crippen molar-refractivity contribution in [2.45, 2.75) is 4.58 Å². The maximum atomic E-state index is 12.4. The summed E-state index contributed by atoms with van der Waals surface area (Å²) in [6.45, 7) is 0. The van der Waals surface area contributed by atoms with Crippen LogP contribution in [0, 0.1) is 0 Å². The highest BCUT2D eigenvalue weighted by Gasteiger charge is 2.18. The number of hydrogen-bond donors (Lipinski definition) is 1. The lowest BCUT2D eigenvalue weighted by Gasteiger charge is -2.08. The molecule has 3 aromatic rings. The minimum Gasteiger partial charge on any atom is -0.296 e. The summed E-state index contributed by atoms with van der Waals surface area (Å²) in [4.78, 5) is 12.4. The third kappa shape index (κ3) is 3.89. The lowest BCUT2D eigenvalue weighted by molar-refractivity contribution is 0.102. The second kappa shape index (κ2) is 7.59. The number of nitrogens with zero attached hydrogens (tertiary/aromatic N) is 2. The van der Waals surface area contributed by atoms with Crippen molar-refractivity contribution >= 4 is 45.9 Å². The first-order valence-corrected chi connectivity index (χ1v) is 10.7. The molecule has 1 fully saturated rings. The van der Waals surface area contributed by atoms with Crippen molar-refractivity contribution in [2.75, 3.05) is 16.8 Å². The van der Waals surface area contributed by atoms with Gasteiger partial charge < -0.3 is 0 Å². The van der Waals surface area contributed by atoms with E-state index >= 15 is 0 Å². The van der Waals surface area contributed by atoms with Gasteiger partial charge in [-0.1, -0.05) is 53.8 Å². The van der Waals surface area contributed by atoms with Gasteiger partial charge in [-0.15, -0.1) is 33.7 Å². The van der Waals surface area contributed by atoms with Crippen LogP contribution in [-0.2, 0) is 0 Å². The Bertz CT molecular complexity index is 859. The Kier molecular flexibility index (Phi) is 5.05. The molecule has 4 rings (SSSR count). The van der Waals surface area contributed by atoms with Crippen LogP contribution >= 0.6 is 34.9 Å². The molecule has 2 aromatic carbocycles. The van der Waals surface area contributed by atoms with E-state index in [9.17, 15) is 4.79 Å². The van der Waals surface area contributed by atoms with Crippen LogP contribution in [0.15, 0.2) is 54.6 Å². The number of benzene rings is 2. The molecule has 25 heavy (non-hydrogen) atoms. The lowest BCUT2D eigenvalue weighted by atomic mass is 10.1. The fourth-order valence-corrected chi connectivity index (χ4v) is 6.09. The standard InChI is InChI=1S/C18H15N3OS3/c22-15(12-6-8-14(9-7-12)17-23-10-11-24-17)19-18-21-20-16(25-18)13-4-2-1-3-5-13/h1-9,17H,10-11H2,(H,19,21,22). The van der Waals surface area contributed by atoms with E-state index in [1.165, 1.54) is 28.4 Å². The highest BCUT2D eigenvalue weighted by Crippen LogP contribution is 2.45. The second-order valence-electron chi connectivity index (χ2n) is 5.43. The van der Waals surface area contributed by atoms with Crippen LogP contribution in [0.4, 0.5) is 5.13 Å². The van der Waals surface area contributed by atoms with Gasteiger partial charge in [0.2, 0.25) is 5.13 Å². The molecule has 0 unspecified atom stereocenters. The van der Waals surface area contributed by atoms with Crippen molar-refractivity contribution in [3.8, 4) is 10.6 Å². The third-order valence-corrected chi connectivity index (χ3v) is 7.73. The first kappa shape index (κ1) is 16.6. The fourth-order valence-electron chi connectivity index (χ4n) is 2.48. The van der Waals surface area contributed by atoms with Gasteiger partial charge in [0.25, 0.3) is 5.91 Å². The molecule has 1 aliphatic rings. The van der Waals surface area contributed by atoms with E-state index < -0.39 is 0 Å². The van der Waals surface area contributed by atoms with Gasteiger partial charge in [-0.2, -0.15) is 0 Å². The van der Waals surface area contributed by atoms with Crippen LogP contribution in [0.2, 0.25) is 0 Å². The second-order valence-corrected chi connectivity index (χ2v) is 9.13. The van der Waals surface area contributed by atoms with E-state index in [-0.39, 0.29) is 5.91 Å². The summed E-state index contributed by atoms with van der Waals surface area (Å²) in [6.07, 6.45) is 0. The lowest BCUT2D eigenvalue weighted by Crippen LogP contribution is -2.11. The molecular formula is C18H15N3OS3. The monoisotopic (exact) mass is 385 g/mol. The predicted molar refractivity (Wildman–Crippen MR) is 107 cm³/mol. The number of carbonyl (C=O) groups is 1. The molecule has 1 N–H and O–H groups in total. The van der Waals surface area contributed by atoms with Crippen LogP contribution < -0.4 is 5.32 Å². The Hall–Kier alpha value is -1.83. The number of anilines is 1. The summed E-state index contributed by atoms with van der Waals surface area (Å²) in [7, 11) is 0. The van der Waals surface area contributed by atoms with Crippen molar-refractivity contribution in [3.05, 3.63) is 65.7 Å². The highest BCUT2D eigenvalue weighted by atomic mass is 32.2. The number of aromatic nitrogens is 2. The average molecular weight is 386 g/mol. The molecule has 0 bridgehead atoms. The number of rotatable bonds is 4. The maximum absolute atomic E-state index is 12.4. The largest absolute Gasteiger partial charge is 0.296 e. The van der Waals surface area contributed by atoms with E-state index in [1.807, 2.05) is 78.1 Å². The van der Waals surface area contributed by atoms with Crippen LogP contribution in [0.25, 0.3) is 10.6 Å². The molecule has 0 saturated carbocycles. The Labute approximate surface area is 158 Å². The minimum atomic E-state index is -0.158. The first-order chi connectivity index (χ1) is 12.3. The van der Waals surface area contributed by atoms with Gasteiger partial charge in [-0.05, 0) is 17.7 Å². The maximum Gasteiger partial charge on any atom is 0.257 e. The van der Waals surface area contributed by atoms with Gasteiger partial charge in [-0.3, -0.25) is 10.1 Å². The minimum absolute atomic E-state index is 0.158. The number of hydrogen-bond acceptors (Lipinski definition) is 6. The van der Waals surface area contributed by atoms with E-state index in [0.717, 1.165) is 10.6 Å². The van der Waals surface area contributed by atoms with E-state index in [2.05, 4.69) is 15.5 Å². The van der Waals surface area contributed by atoms with Gasteiger partial charge in [0.15, 0.2) is 0 Å². The first-order valence-electron chi connectivity index (χ1n) is 7.83. The normalized spacial score (nSPS) is 14.6. The van der Waals surface area contributed by atoms with Crippen LogP contribution in [0.1, 0.15) is 20.5 Å². The van der Waals surface area contributed by atoms with Gasteiger partial charge in [0.05, 0.1) is 4.58 Å². The molecule has 1 aromatic heterocycles. The topological polar surface area (TPSA) is 54.9 Å². The molecule has 0 spiro atoms. The molecule has 126 valence electrons. The molecule has 0 atom stereocenters. The molecule has 4 nitrogen and oxygen atoms in total. The van der Waals surface area contributed by atoms with Crippen molar-refractivity contribution < 1.29 is 4.79 Å². The quantitative estimate of drug-likeness (QED) is 0.690. The molecular weight excluding hydrogens is 370 g/mol. The van der Waals surface area contributed by atoms with Crippen molar-refractivity contribution in [3.63, 3.8) is 0 Å². The van der Waals surface area contributed by atoms with Gasteiger partial charge in [0, 0.05) is 22.6 Å². The average Bonchev–Trinajstić information content (AvgIpc) is 3.35. The van der Waals surface area contributed by atoms with E-state index in [0.29, 0.717) is 15.3 Å². The number of thioether (sulfide) groups is 2. The molecule has 7 heteroatoms. The number of nitrogens with one attached hydrogen (secondary N) is 1. The van der Waals surface area contributed by atoms with Crippen LogP contribution in [0.5, 0.6) is 0 Å². The van der Waals surface area contributed by atoms with E-state index in [1.54, 1.807) is 0 Å². The third-order valence-electron chi connectivity index (χ3n) is 3.73. The zero-order valence-corrected chi connectivity index (χ0v) is 15.7. The summed E-state index contributed by atoms with van der Waals surface area (Å²) in [5.41, 5.74) is 2.90. The van der Waals surface area contributed by atoms with Crippen molar-refractivity contribution in [1.29, 1.82) is 0 Å². The van der Waals surface area contributed by atoms with Gasteiger partial charge in [-0.25, -0.2) is 0 Å². The summed E-state index contributed by atoms with van der Waals surface area (Å²) >= 11 is 5.29. The zero-order chi connectivity index (χ0) is 17.1. The highest BCUT2D eigenvalue weighted by molar-refractivity contribution is 8.19. The van der Waals surface area contributed by atoms with Crippen LogP contribution in [-0.4, -0.2) is 27.6 Å². The molecule has 2 heterocycles. The van der Waals surface area contributed by atoms with Crippen molar-refractivity contribution in [1.82, 2.24) is 10.2 Å². The summed E-state index contributed by atoms with van der Waals surface area (Å²) in [5, 5.41) is 12.4. The smallest absolute Gasteiger partial charge is 0.257 e. The van der Waals surface area contributed by atoms with Crippen LogP contribution in [0.3, 0.4) is 0 Å². The predicted octanol–water partition coefficient (Wildman–Crippen LogP) is 4.94. The summed E-state index contributed by atoms with van der Waals surface area (Å²) < 4.78 is 0.494. The van der Waals surface area contributed by atoms with Gasteiger partial charge in [0.1, 0.15) is 5.01 Å². The molecule has 1 saturated heterocycles. The molecule has 1 aliphatic heterocycles. The Balaban J connectivity index is 1.44. The molecule has 0 aliphatic carbocycles. The molecule has 1 amide bonds. The Morgan fingerprint density at radius 3 is 2.40 bits per heavy atom. The Morgan fingerprint density at radius 2 is 1.68 bits per heavy atom. The van der Waals surface area contributed by atoms with Crippen molar-refractivity contribution in [2.24, 2.45) is 0 Å². The Morgan fingerprint density at radius 1 is 0.960 bits per heavy atom. The molecule has 0 radical (unpaired) electrons. The number of amides is 1. The fraction of sp³-hybridized carbons (Fsp3) is 0.167. The van der Waals surface area contributed by atoms with E-state index in [4.69, 9.17) is 0 Å². The zero-order valence-electron chi connectivity index (χ0n) is 13.2. The SMILES string of the molecule is O=C(Nc1nnc(-c2ccccc2)s1)c1ccc(C2SCCS2)cc1. The summed E-state index contributed by atoms with van der Waals surface area (Å²) in [5.74, 6) is 2.23. The number of carbonyl (C=O) groups excluding carboxylic acids is 1. The van der Waals surface area contributed by atoms with Gasteiger partial charge >= 0.3 is 0 Å². The summed E-state index contributed by atoms with van der Waals surface area (Å²) in [6, 6.07) is 17.7.